The highest BCUT2D eigenvalue weighted by Crippen LogP contribution is 2.26. The molecule has 2 rings (SSSR count). The van der Waals surface area contributed by atoms with Gasteiger partial charge in [0.1, 0.15) is 0 Å². The lowest BCUT2D eigenvalue weighted by atomic mass is 9.93. The molecule has 0 aromatic carbocycles. The van der Waals surface area contributed by atoms with Crippen LogP contribution in [0.25, 0.3) is 0 Å². The Kier molecular flexibility index (Phi) is 5.05. The topological polar surface area (TPSA) is 35.5 Å². The van der Waals surface area contributed by atoms with Gasteiger partial charge in [0.25, 0.3) is 0 Å². The Morgan fingerprint density at radius 1 is 1.22 bits per heavy atom. The van der Waals surface area contributed by atoms with E-state index in [1.807, 2.05) is 0 Å². The van der Waals surface area contributed by atoms with Crippen LogP contribution in [-0.4, -0.2) is 47.3 Å². The van der Waals surface area contributed by atoms with Crippen LogP contribution >= 0.6 is 0 Å². The van der Waals surface area contributed by atoms with Crippen molar-refractivity contribution in [1.82, 2.24) is 10.2 Å². The van der Waals surface area contributed by atoms with Crippen LogP contribution in [0, 0.1) is 0 Å². The van der Waals surface area contributed by atoms with Crippen LogP contribution < -0.4 is 5.32 Å². The fourth-order valence-corrected chi connectivity index (χ4v) is 3.21. The first kappa shape index (κ1) is 14.3. The quantitative estimate of drug-likeness (QED) is 0.762. The first-order valence-electron chi connectivity index (χ1n) is 7.75. The number of rotatable bonds is 6. The summed E-state index contributed by atoms with van der Waals surface area (Å²) in [5.41, 5.74) is -0.0904. The second kappa shape index (κ2) is 6.36. The SMILES string of the molecule is CC(CC(C)(CO)NC1CC1)N1CCCCCC1. The molecule has 1 aliphatic heterocycles. The minimum absolute atomic E-state index is 0.0904. The minimum atomic E-state index is -0.0904. The fraction of sp³-hybridized carbons (Fsp3) is 1.00. The molecular weight excluding hydrogens is 224 g/mol. The van der Waals surface area contributed by atoms with E-state index in [2.05, 4.69) is 24.1 Å². The minimum Gasteiger partial charge on any atom is -0.394 e. The smallest absolute Gasteiger partial charge is 0.0611 e. The molecule has 3 heteroatoms. The van der Waals surface area contributed by atoms with Gasteiger partial charge in [-0.3, -0.25) is 0 Å². The molecule has 0 radical (unpaired) electrons. The number of hydrogen-bond acceptors (Lipinski definition) is 3. The van der Waals surface area contributed by atoms with Gasteiger partial charge in [0.2, 0.25) is 0 Å². The van der Waals surface area contributed by atoms with Crippen molar-refractivity contribution in [3.05, 3.63) is 0 Å². The Bertz CT molecular complexity index is 247. The lowest BCUT2D eigenvalue weighted by Gasteiger charge is -2.36. The van der Waals surface area contributed by atoms with Crippen molar-refractivity contribution in [2.45, 2.75) is 76.4 Å². The molecule has 1 saturated carbocycles. The van der Waals surface area contributed by atoms with E-state index in [9.17, 15) is 5.11 Å². The predicted molar refractivity (Wildman–Crippen MR) is 75.8 cm³/mol. The molecule has 0 bridgehead atoms. The van der Waals surface area contributed by atoms with Crippen LogP contribution in [-0.2, 0) is 0 Å². The van der Waals surface area contributed by atoms with Gasteiger partial charge in [-0.25, -0.2) is 0 Å². The lowest BCUT2D eigenvalue weighted by Crippen LogP contribution is -2.51. The number of aliphatic hydroxyl groups excluding tert-OH is 1. The summed E-state index contributed by atoms with van der Waals surface area (Å²) >= 11 is 0. The van der Waals surface area contributed by atoms with Gasteiger partial charge in [-0.2, -0.15) is 0 Å². The van der Waals surface area contributed by atoms with Crippen molar-refractivity contribution in [2.24, 2.45) is 0 Å². The third-order valence-corrected chi connectivity index (χ3v) is 4.49. The van der Waals surface area contributed by atoms with E-state index in [0.29, 0.717) is 12.1 Å². The molecular formula is C15H30N2O. The maximum atomic E-state index is 9.68. The van der Waals surface area contributed by atoms with Gasteiger partial charge in [0.15, 0.2) is 0 Å². The second-order valence-electron chi connectivity index (χ2n) is 6.64. The molecule has 0 spiro atoms. The first-order valence-corrected chi connectivity index (χ1v) is 7.75. The van der Waals surface area contributed by atoms with E-state index < -0.39 is 0 Å². The number of nitrogens with zero attached hydrogens (tertiary/aromatic N) is 1. The first-order chi connectivity index (χ1) is 8.63. The lowest BCUT2D eigenvalue weighted by molar-refractivity contribution is 0.115. The molecule has 2 fully saturated rings. The Morgan fingerprint density at radius 3 is 2.33 bits per heavy atom. The molecule has 1 heterocycles. The largest absolute Gasteiger partial charge is 0.394 e. The van der Waals surface area contributed by atoms with E-state index in [1.165, 1.54) is 51.6 Å². The molecule has 2 unspecified atom stereocenters. The van der Waals surface area contributed by atoms with Crippen molar-refractivity contribution in [3.63, 3.8) is 0 Å². The summed E-state index contributed by atoms with van der Waals surface area (Å²) in [6, 6.07) is 1.24. The summed E-state index contributed by atoms with van der Waals surface area (Å²) in [6.07, 6.45) is 9.09. The molecule has 1 saturated heterocycles. The molecule has 2 atom stereocenters. The zero-order chi connectivity index (χ0) is 13.0. The average Bonchev–Trinajstić information content (AvgIpc) is 3.14. The number of likely N-dealkylation sites (tertiary alicyclic amines) is 1. The highest BCUT2D eigenvalue weighted by molar-refractivity contribution is 4.94. The molecule has 3 nitrogen and oxygen atoms in total. The zero-order valence-electron chi connectivity index (χ0n) is 12.1. The standard InChI is InChI=1S/C15H30N2O/c1-13(17-9-5-3-4-6-10-17)11-15(2,12-18)16-14-7-8-14/h13-14,16,18H,3-12H2,1-2H3. The Hall–Kier alpha value is -0.120. The summed E-state index contributed by atoms with van der Waals surface area (Å²) in [5, 5.41) is 13.3. The Balaban J connectivity index is 1.84. The Morgan fingerprint density at radius 2 is 1.83 bits per heavy atom. The average molecular weight is 254 g/mol. The van der Waals surface area contributed by atoms with Crippen LogP contribution in [0.15, 0.2) is 0 Å². The number of nitrogens with one attached hydrogen (secondary N) is 1. The molecule has 0 aromatic heterocycles. The van der Waals surface area contributed by atoms with Crippen molar-refractivity contribution in [1.29, 1.82) is 0 Å². The summed E-state index contributed by atoms with van der Waals surface area (Å²) in [6.45, 7) is 7.24. The van der Waals surface area contributed by atoms with Crippen LogP contribution in [0.3, 0.4) is 0 Å². The zero-order valence-corrected chi connectivity index (χ0v) is 12.1. The Labute approximate surface area is 112 Å². The van der Waals surface area contributed by atoms with Crippen molar-refractivity contribution < 1.29 is 5.11 Å². The highest BCUT2D eigenvalue weighted by atomic mass is 16.3. The fourth-order valence-electron chi connectivity index (χ4n) is 3.21. The summed E-state index contributed by atoms with van der Waals surface area (Å²) in [5.74, 6) is 0. The van der Waals surface area contributed by atoms with Crippen molar-refractivity contribution in [3.8, 4) is 0 Å². The molecule has 0 amide bonds. The van der Waals surface area contributed by atoms with E-state index in [4.69, 9.17) is 0 Å². The molecule has 2 aliphatic rings. The van der Waals surface area contributed by atoms with Crippen LogP contribution in [0.4, 0.5) is 0 Å². The van der Waals surface area contributed by atoms with Crippen LogP contribution in [0.5, 0.6) is 0 Å². The molecule has 106 valence electrons. The van der Waals surface area contributed by atoms with E-state index in [1.54, 1.807) is 0 Å². The van der Waals surface area contributed by atoms with Crippen molar-refractivity contribution >= 4 is 0 Å². The maximum absolute atomic E-state index is 9.68. The monoisotopic (exact) mass is 254 g/mol. The second-order valence-corrected chi connectivity index (χ2v) is 6.64. The molecule has 0 aromatic rings. The van der Waals surface area contributed by atoms with E-state index in [-0.39, 0.29) is 12.1 Å². The van der Waals surface area contributed by atoms with E-state index >= 15 is 0 Å². The van der Waals surface area contributed by atoms with Gasteiger partial charge in [-0.15, -0.1) is 0 Å². The van der Waals surface area contributed by atoms with Crippen molar-refractivity contribution in [2.75, 3.05) is 19.7 Å². The van der Waals surface area contributed by atoms with Gasteiger partial charge in [0, 0.05) is 17.6 Å². The third kappa shape index (κ3) is 4.22. The third-order valence-electron chi connectivity index (χ3n) is 4.49. The number of hydrogen-bond donors (Lipinski definition) is 2. The predicted octanol–water partition coefficient (Wildman–Crippen LogP) is 2.14. The normalized spacial score (nSPS) is 27.5. The summed E-state index contributed by atoms with van der Waals surface area (Å²) < 4.78 is 0. The molecule has 2 N–H and O–H groups in total. The molecule has 18 heavy (non-hydrogen) atoms. The summed E-state index contributed by atoms with van der Waals surface area (Å²) in [7, 11) is 0. The van der Waals surface area contributed by atoms with E-state index in [0.717, 1.165) is 6.42 Å². The van der Waals surface area contributed by atoms with Gasteiger partial charge in [-0.05, 0) is 59.0 Å². The number of aliphatic hydroxyl groups is 1. The summed E-state index contributed by atoms with van der Waals surface area (Å²) in [4.78, 5) is 2.62. The van der Waals surface area contributed by atoms with Gasteiger partial charge < -0.3 is 15.3 Å². The van der Waals surface area contributed by atoms with Gasteiger partial charge >= 0.3 is 0 Å². The maximum Gasteiger partial charge on any atom is 0.0611 e. The van der Waals surface area contributed by atoms with Crippen LogP contribution in [0.2, 0.25) is 0 Å². The molecule has 1 aliphatic carbocycles. The van der Waals surface area contributed by atoms with Gasteiger partial charge in [-0.1, -0.05) is 12.8 Å². The van der Waals surface area contributed by atoms with Crippen LogP contribution in [0.1, 0.15) is 58.8 Å². The van der Waals surface area contributed by atoms with Gasteiger partial charge in [0.05, 0.1) is 6.61 Å². The highest BCUT2D eigenvalue weighted by Gasteiger charge is 2.34.